The average molecular weight is 532 g/mol. The van der Waals surface area contributed by atoms with E-state index in [1.165, 1.54) is 32.1 Å². The topological polar surface area (TPSA) is 124 Å². The Morgan fingerprint density at radius 1 is 1.33 bits per heavy atom. The first kappa shape index (κ1) is 21.1. The molecule has 0 aliphatic heterocycles. The highest BCUT2D eigenvalue weighted by Crippen LogP contribution is 2.71. The van der Waals surface area contributed by atoms with E-state index in [4.69, 9.17) is 15.8 Å². The summed E-state index contributed by atoms with van der Waals surface area (Å²) in [6.07, 6.45) is -0.442. The van der Waals surface area contributed by atoms with E-state index >= 15 is 4.39 Å². The first-order valence-corrected chi connectivity index (χ1v) is 13.7. The average Bonchev–Trinajstić information content (AvgIpc) is 3.04. The van der Waals surface area contributed by atoms with Gasteiger partial charge in [-0.25, -0.2) is 4.39 Å². The van der Waals surface area contributed by atoms with Crippen molar-refractivity contribution in [3.05, 3.63) is 23.8 Å². The molecule has 0 heterocycles. The Morgan fingerprint density at radius 2 is 2.03 bits per heavy atom. The molecule has 1 N–H and O–H groups in total. The van der Waals surface area contributed by atoms with E-state index in [0.717, 1.165) is 0 Å². The number of rotatable bonds is 6. The Hall–Kier alpha value is -1.91. The van der Waals surface area contributed by atoms with Crippen LogP contribution in [0.4, 0.5) is 4.39 Å². The summed E-state index contributed by atoms with van der Waals surface area (Å²) in [7, 11) is -4.16. The van der Waals surface area contributed by atoms with Crippen molar-refractivity contribution in [2.75, 3.05) is 12.9 Å². The molecule has 3 fully saturated rings. The summed E-state index contributed by atoms with van der Waals surface area (Å²) in [4.78, 5) is 39.2. The molecule has 36 heavy (non-hydrogen) atoms. The minimum Gasteiger partial charge on any atom is -0.450 e. The van der Waals surface area contributed by atoms with Gasteiger partial charge in [-0.2, -0.15) is 8.42 Å². The highest BCUT2D eigenvalue weighted by Gasteiger charge is 2.77. The molecule has 0 aromatic heterocycles. The molecule has 0 saturated heterocycles. The van der Waals surface area contributed by atoms with Crippen molar-refractivity contribution >= 4 is 27.7 Å². The number of esters is 1. The van der Waals surface area contributed by atoms with E-state index in [9.17, 15) is 27.9 Å². The van der Waals surface area contributed by atoms with E-state index in [1.54, 1.807) is 6.92 Å². The molecule has 0 aromatic carbocycles. The minimum atomic E-state index is -4.16. The van der Waals surface area contributed by atoms with Gasteiger partial charge in [-0.15, -0.1) is 0 Å². The van der Waals surface area contributed by atoms with Crippen molar-refractivity contribution in [3.8, 4) is 0 Å². The number of aliphatic hydroxyl groups excluding tert-OH is 1. The number of hydrogen-bond acceptors (Lipinski definition) is 8. The molecular weight excluding hydrogens is 491 g/mol. The molecule has 8 atom stereocenters. The third-order valence-electron chi connectivity index (χ3n) is 9.36. The maximum absolute atomic E-state index is 17.5. The fraction of sp³-hybridized carbons (Fsp3) is 0.731. The Kier molecular flexibility index (Phi) is 5.01. The van der Waals surface area contributed by atoms with Crippen molar-refractivity contribution in [2.45, 2.75) is 77.1 Å². The third kappa shape index (κ3) is 3.58. The largest absolute Gasteiger partial charge is 0.450 e. The van der Waals surface area contributed by atoms with Gasteiger partial charge in [0.1, 0.15) is 6.61 Å². The number of ketones is 2. The lowest BCUT2D eigenvalue weighted by Gasteiger charge is -2.62. The van der Waals surface area contributed by atoms with Crippen LogP contribution in [-0.2, 0) is 33.4 Å². The molecule has 10 heteroatoms. The second kappa shape index (κ2) is 8.56. The Morgan fingerprint density at radius 3 is 2.67 bits per heavy atom. The first-order valence-electron chi connectivity index (χ1n) is 14.4. The monoisotopic (exact) mass is 531 g/mol. The second-order valence-corrected chi connectivity index (χ2v) is 12.7. The van der Waals surface area contributed by atoms with Crippen molar-refractivity contribution in [1.82, 2.24) is 0 Å². The van der Waals surface area contributed by atoms with Crippen LogP contribution in [0.3, 0.4) is 0 Å². The number of carbonyl (C=O) groups is 3. The maximum atomic E-state index is 17.5. The summed E-state index contributed by atoms with van der Waals surface area (Å²) in [5.41, 5.74) is -7.04. The summed E-state index contributed by atoms with van der Waals surface area (Å²) in [5, 5.41) is 11.6. The molecular formula is C26H35FO8S. The zero-order chi connectivity index (χ0) is 31.2. The van der Waals surface area contributed by atoms with E-state index in [1.807, 2.05) is 0 Å². The van der Waals surface area contributed by atoms with Gasteiger partial charge >= 0.3 is 5.97 Å². The van der Waals surface area contributed by atoms with Crippen molar-refractivity contribution in [3.63, 3.8) is 0 Å². The number of carbonyl (C=O) groups excluding carboxylic acids is 3. The van der Waals surface area contributed by atoms with Gasteiger partial charge in [-0.3, -0.25) is 18.6 Å². The summed E-state index contributed by atoms with van der Waals surface area (Å²) in [5.74, 6) is -5.85. The standard InChI is InChI=1S/C26H35FO8S/c1-6-22(31)35-26(21(30)14-34-36(5,32)33)15(2)11-19-18-8-7-16-12-17(28)9-10-23(16,3)25(18,27)20(29)13-24(19,26)4/h9-10,12,15,18-20,29H,6-8,11,13-14H2,1-5H3/t15-,18-,19-,20-,23-,24-,25-,26-/m0/s1/i1D3,6D2. The summed E-state index contributed by atoms with van der Waals surface area (Å²) in [6.45, 7) is 0.0230. The normalized spacial score (nSPS) is 46.6. The lowest BCUT2D eigenvalue weighted by Crippen LogP contribution is -2.70. The summed E-state index contributed by atoms with van der Waals surface area (Å²) >= 11 is 0. The molecule has 4 aliphatic rings. The van der Waals surface area contributed by atoms with Crippen LogP contribution in [0.5, 0.6) is 0 Å². The van der Waals surface area contributed by atoms with Crippen molar-refractivity contribution < 1.29 is 48.1 Å². The lowest BCUT2D eigenvalue weighted by atomic mass is 9.44. The molecule has 0 bridgehead atoms. The highest BCUT2D eigenvalue weighted by atomic mass is 32.2. The van der Waals surface area contributed by atoms with Gasteiger partial charge in [-0.05, 0) is 50.7 Å². The van der Waals surface area contributed by atoms with Crippen LogP contribution in [0.15, 0.2) is 23.8 Å². The zero-order valence-corrected chi connectivity index (χ0v) is 21.5. The molecule has 3 saturated carbocycles. The predicted molar refractivity (Wildman–Crippen MR) is 128 cm³/mol. The zero-order valence-electron chi connectivity index (χ0n) is 25.7. The second-order valence-electron chi connectivity index (χ2n) is 11.0. The summed E-state index contributed by atoms with van der Waals surface area (Å²) < 4.78 is 89.7. The van der Waals surface area contributed by atoms with Crippen LogP contribution in [0.2, 0.25) is 0 Å². The molecule has 4 aliphatic carbocycles. The number of Topliss-reactive ketones (excluding diaryl/α,β-unsaturated/α-hetero) is 1. The van der Waals surface area contributed by atoms with Crippen LogP contribution < -0.4 is 0 Å². The molecule has 4 rings (SSSR count). The Labute approximate surface area is 218 Å². The lowest BCUT2D eigenvalue weighted by molar-refractivity contribution is -0.228. The van der Waals surface area contributed by atoms with Gasteiger partial charge in [0.05, 0.1) is 12.4 Å². The molecule has 0 unspecified atom stereocenters. The van der Waals surface area contributed by atoms with Gasteiger partial charge < -0.3 is 9.84 Å². The van der Waals surface area contributed by atoms with E-state index in [-0.39, 0.29) is 18.6 Å². The third-order valence-corrected chi connectivity index (χ3v) is 9.90. The molecule has 0 amide bonds. The van der Waals surface area contributed by atoms with Crippen molar-refractivity contribution in [1.29, 1.82) is 0 Å². The number of ether oxygens (including phenoxy) is 1. The fourth-order valence-corrected chi connectivity index (χ4v) is 8.16. The van der Waals surface area contributed by atoms with Crippen LogP contribution in [0, 0.1) is 28.6 Å². The van der Waals surface area contributed by atoms with Gasteiger partial charge in [0.2, 0.25) is 5.78 Å². The number of allylic oxidation sites excluding steroid dienone is 4. The van der Waals surface area contributed by atoms with Gasteiger partial charge in [0.15, 0.2) is 17.1 Å². The Bertz CT molecular complexity index is 1350. The number of halogens is 1. The van der Waals surface area contributed by atoms with Crippen molar-refractivity contribution in [2.24, 2.45) is 28.6 Å². The van der Waals surface area contributed by atoms with Crippen LogP contribution in [-0.4, -0.2) is 61.3 Å². The molecule has 0 spiro atoms. The number of aliphatic hydroxyl groups is 1. The molecule has 0 radical (unpaired) electrons. The number of alkyl halides is 1. The smallest absolute Gasteiger partial charge is 0.306 e. The fourth-order valence-electron chi connectivity index (χ4n) is 7.84. The number of hydrogen-bond donors (Lipinski definition) is 1. The quantitative estimate of drug-likeness (QED) is 0.410. The van der Waals surface area contributed by atoms with E-state index in [2.05, 4.69) is 0 Å². The molecule has 8 nitrogen and oxygen atoms in total. The van der Waals surface area contributed by atoms with E-state index < -0.39 is 94.1 Å². The van der Waals surface area contributed by atoms with Gasteiger partial charge in [0.25, 0.3) is 10.1 Å². The summed E-state index contributed by atoms with van der Waals surface area (Å²) in [6, 6.07) is 0. The molecule has 0 aromatic rings. The van der Waals surface area contributed by atoms with Gasteiger partial charge in [-0.1, -0.05) is 32.3 Å². The predicted octanol–water partition coefficient (Wildman–Crippen LogP) is 2.84. The van der Waals surface area contributed by atoms with E-state index in [0.29, 0.717) is 18.2 Å². The Balaban J connectivity index is 1.86. The van der Waals surface area contributed by atoms with Crippen LogP contribution in [0.25, 0.3) is 0 Å². The number of fused-ring (bicyclic) bond motifs is 5. The van der Waals surface area contributed by atoms with Crippen LogP contribution in [0.1, 0.15) is 66.5 Å². The maximum Gasteiger partial charge on any atom is 0.306 e. The SMILES string of the molecule is [2H]C([2H])([2H])C([2H])([2H])C(=O)O[C@]1(C(=O)COS(C)(=O)=O)[C@@H](C)C[C@H]2[C@@H]3CCC4=CC(=O)C=C[C@]4(C)[C@@]3(F)[C@@H](O)C[C@@]21C. The molecule has 200 valence electrons. The first-order chi connectivity index (χ1) is 18.5. The highest BCUT2D eigenvalue weighted by molar-refractivity contribution is 7.86. The minimum absolute atomic E-state index is 0.0615. The van der Waals surface area contributed by atoms with Crippen LogP contribution >= 0.6 is 0 Å². The van der Waals surface area contributed by atoms with Gasteiger partial charge in [0, 0.05) is 35.9 Å².